The van der Waals surface area contributed by atoms with E-state index in [1.54, 1.807) is 6.33 Å². The molecule has 6 heteroatoms. The van der Waals surface area contributed by atoms with Gasteiger partial charge >= 0.3 is 5.97 Å². The van der Waals surface area contributed by atoms with Gasteiger partial charge in [0.15, 0.2) is 0 Å². The van der Waals surface area contributed by atoms with Gasteiger partial charge in [-0.25, -0.2) is 0 Å². The van der Waals surface area contributed by atoms with Crippen LogP contribution < -0.4 is 5.32 Å². The average molecular weight is 240 g/mol. The first-order valence-corrected chi connectivity index (χ1v) is 5.64. The Bertz CT molecular complexity index is 368. The SMILES string of the molecule is Cn1cnnc1CNCCC(=O)OC(C)(C)C. The standard InChI is InChI=1S/C11H20N4O2/c1-11(2,3)17-10(16)5-6-12-7-9-14-13-8-15(9)4/h8,12H,5-7H2,1-4H3. The van der Waals surface area contributed by atoms with Crippen LogP contribution in [0, 0.1) is 0 Å². The number of carbonyl (C=O) groups excluding carboxylic acids is 1. The molecule has 0 unspecified atom stereocenters. The molecule has 6 nitrogen and oxygen atoms in total. The van der Waals surface area contributed by atoms with E-state index < -0.39 is 5.60 Å². The second-order valence-electron chi connectivity index (χ2n) is 4.87. The molecule has 1 aromatic heterocycles. The van der Waals surface area contributed by atoms with Crippen LogP contribution in [0.15, 0.2) is 6.33 Å². The van der Waals surface area contributed by atoms with Crippen molar-refractivity contribution >= 4 is 5.97 Å². The molecule has 0 atom stereocenters. The maximum atomic E-state index is 11.4. The second-order valence-corrected chi connectivity index (χ2v) is 4.87. The lowest BCUT2D eigenvalue weighted by Crippen LogP contribution is -2.27. The summed E-state index contributed by atoms with van der Waals surface area (Å²) in [4.78, 5) is 11.4. The topological polar surface area (TPSA) is 69.0 Å². The van der Waals surface area contributed by atoms with E-state index in [2.05, 4.69) is 15.5 Å². The number of nitrogens with one attached hydrogen (secondary N) is 1. The Balaban J connectivity index is 2.17. The van der Waals surface area contributed by atoms with Crippen molar-refractivity contribution in [3.63, 3.8) is 0 Å². The first-order chi connectivity index (χ1) is 7.88. The van der Waals surface area contributed by atoms with Gasteiger partial charge in [-0.2, -0.15) is 0 Å². The summed E-state index contributed by atoms with van der Waals surface area (Å²) in [5.74, 6) is 0.650. The molecule has 0 aliphatic carbocycles. The Hall–Kier alpha value is -1.43. The number of ether oxygens (including phenoxy) is 1. The summed E-state index contributed by atoms with van der Waals surface area (Å²) in [5.41, 5.74) is -0.416. The van der Waals surface area contributed by atoms with Crippen LogP contribution in [0.3, 0.4) is 0 Å². The number of hydrogen-bond acceptors (Lipinski definition) is 5. The van der Waals surface area contributed by atoms with Crippen molar-refractivity contribution in [3.8, 4) is 0 Å². The van der Waals surface area contributed by atoms with Crippen LogP contribution in [0.25, 0.3) is 0 Å². The summed E-state index contributed by atoms with van der Waals surface area (Å²) in [6.45, 7) is 6.74. The molecule has 0 aliphatic rings. The van der Waals surface area contributed by atoms with Gasteiger partial charge in [0.2, 0.25) is 0 Å². The van der Waals surface area contributed by atoms with Gasteiger partial charge in [0.05, 0.1) is 13.0 Å². The zero-order chi connectivity index (χ0) is 12.9. The summed E-state index contributed by atoms with van der Waals surface area (Å²) >= 11 is 0. The molecule has 17 heavy (non-hydrogen) atoms. The molecular weight excluding hydrogens is 220 g/mol. The lowest BCUT2D eigenvalue weighted by molar-refractivity contribution is -0.154. The Morgan fingerprint density at radius 1 is 1.53 bits per heavy atom. The van der Waals surface area contributed by atoms with Gasteiger partial charge < -0.3 is 14.6 Å². The Morgan fingerprint density at radius 3 is 2.76 bits per heavy atom. The summed E-state index contributed by atoms with van der Waals surface area (Å²) in [7, 11) is 1.88. The van der Waals surface area contributed by atoms with E-state index >= 15 is 0 Å². The van der Waals surface area contributed by atoms with Crippen molar-refractivity contribution < 1.29 is 9.53 Å². The molecule has 0 aliphatic heterocycles. The van der Waals surface area contributed by atoms with Gasteiger partial charge in [-0.15, -0.1) is 10.2 Å². The van der Waals surface area contributed by atoms with Crippen LogP contribution in [-0.2, 0) is 23.1 Å². The van der Waals surface area contributed by atoms with Crippen LogP contribution in [0.1, 0.15) is 33.0 Å². The third-order valence-corrected chi connectivity index (χ3v) is 2.01. The highest BCUT2D eigenvalue weighted by Crippen LogP contribution is 2.07. The van der Waals surface area contributed by atoms with E-state index in [0.717, 1.165) is 5.82 Å². The predicted molar refractivity (Wildman–Crippen MR) is 63.2 cm³/mol. The van der Waals surface area contributed by atoms with Crippen molar-refractivity contribution in [2.24, 2.45) is 7.05 Å². The zero-order valence-electron chi connectivity index (χ0n) is 10.9. The molecule has 96 valence electrons. The fraction of sp³-hybridized carbons (Fsp3) is 0.727. The van der Waals surface area contributed by atoms with Crippen molar-refractivity contribution in [3.05, 3.63) is 12.2 Å². The van der Waals surface area contributed by atoms with Crippen LogP contribution in [0.5, 0.6) is 0 Å². The first-order valence-electron chi connectivity index (χ1n) is 5.64. The molecule has 0 fully saturated rings. The largest absolute Gasteiger partial charge is 0.460 e. The highest BCUT2D eigenvalue weighted by Gasteiger charge is 2.15. The van der Waals surface area contributed by atoms with E-state index in [4.69, 9.17) is 4.74 Å². The molecule has 0 aromatic carbocycles. The molecule has 1 rings (SSSR count). The van der Waals surface area contributed by atoms with E-state index in [0.29, 0.717) is 19.5 Å². The van der Waals surface area contributed by atoms with Crippen molar-refractivity contribution in [2.45, 2.75) is 39.3 Å². The highest BCUT2D eigenvalue weighted by atomic mass is 16.6. The molecular formula is C11H20N4O2. The summed E-state index contributed by atoms with van der Waals surface area (Å²) in [5, 5.41) is 10.8. The second kappa shape index (κ2) is 5.77. The number of nitrogens with zero attached hydrogens (tertiary/aromatic N) is 3. The summed E-state index contributed by atoms with van der Waals surface area (Å²) in [6.07, 6.45) is 2.00. The molecule has 0 bridgehead atoms. The highest BCUT2D eigenvalue weighted by molar-refractivity contribution is 5.70. The van der Waals surface area contributed by atoms with Crippen LogP contribution in [0.4, 0.5) is 0 Å². The maximum absolute atomic E-state index is 11.4. The first kappa shape index (κ1) is 13.6. The number of carbonyl (C=O) groups is 1. The third kappa shape index (κ3) is 5.44. The van der Waals surface area contributed by atoms with E-state index in [9.17, 15) is 4.79 Å². The Morgan fingerprint density at radius 2 is 2.24 bits per heavy atom. The Labute approximate surface area is 101 Å². The van der Waals surface area contributed by atoms with Gasteiger partial charge in [-0.05, 0) is 20.8 Å². The minimum absolute atomic E-state index is 0.192. The van der Waals surface area contributed by atoms with Crippen molar-refractivity contribution in [1.29, 1.82) is 0 Å². The predicted octanol–water partition coefficient (Wildman–Crippen LogP) is 0.636. The molecule has 0 radical (unpaired) electrons. The number of aryl methyl sites for hydroxylation is 1. The minimum atomic E-state index is -0.416. The van der Waals surface area contributed by atoms with Crippen LogP contribution in [-0.4, -0.2) is 32.9 Å². The number of aromatic nitrogens is 3. The van der Waals surface area contributed by atoms with Gasteiger partial charge in [0.25, 0.3) is 0 Å². The van der Waals surface area contributed by atoms with Gasteiger partial charge in [-0.1, -0.05) is 0 Å². The molecule has 1 aromatic rings. The van der Waals surface area contributed by atoms with Crippen molar-refractivity contribution in [2.75, 3.05) is 6.54 Å². The average Bonchev–Trinajstić information content (AvgIpc) is 2.56. The molecule has 0 saturated heterocycles. The van der Waals surface area contributed by atoms with E-state index in [1.165, 1.54) is 0 Å². The van der Waals surface area contributed by atoms with Crippen LogP contribution >= 0.6 is 0 Å². The quantitative estimate of drug-likeness (QED) is 0.604. The molecule has 0 spiro atoms. The van der Waals surface area contributed by atoms with E-state index in [1.807, 2.05) is 32.4 Å². The fourth-order valence-electron chi connectivity index (χ4n) is 1.25. The summed E-state index contributed by atoms with van der Waals surface area (Å²) in [6, 6.07) is 0. The number of rotatable bonds is 5. The molecule has 0 amide bonds. The smallest absolute Gasteiger partial charge is 0.307 e. The van der Waals surface area contributed by atoms with Gasteiger partial charge in [0.1, 0.15) is 17.8 Å². The fourth-order valence-corrected chi connectivity index (χ4v) is 1.25. The number of hydrogen-bond donors (Lipinski definition) is 1. The maximum Gasteiger partial charge on any atom is 0.307 e. The molecule has 1 heterocycles. The lowest BCUT2D eigenvalue weighted by atomic mass is 10.2. The molecule has 1 N–H and O–H groups in total. The van der Waals surface area contributed by atoms with Crippen LogP contribution in [0.2, 0.25) is 0 Å². The summed E-state index contributed by atoms with van der Waals surface area (Å²) < 4.78 is 7.02. The normalized spacial score (nSPS) is 11.5. The van der Waals surface area contributed by atoms with Gasteiger partial charge in [-0.3, -0.25) is 4.79 Å². The number of esters is 1. The minimum Gasteiger partial charge on any atom is -0.460 e. The van der Waals surface area contributed by atoms with Gasteiger partial charge in [0, 0.05) is 13.6 Å². The van der Waals surface area contributed by atoms with E-state index in [-0.39, 0.29) is 5.97 Å². The molecule has 0 saturated carbocycles. The Kier molecular flexibility index (Phi) is 4.62. The van der Waals surface area contributed by atoms with Crippen molar-refractivity contribution in [1.82, 2.24) is 20.1 Å². The monoisotopic (exact) mass is 240 g/mol. The third-order valence-electron chi connectivity index (χ3n) is 2.01. The zero-order valence-corrected chi connectivity index (χ0v) is 10.9. The lowest BCUT2D eigenvalue weighted by Gasteiger charge is -2.19.